The largest absolute Gasteiger partial charge is 0.493 e. The van der Waals surface area contributed by atoms with Gasteiger partial charge in [0.05, 0.1) is 14.2 Å². The molecule has 0 spiro atoms. The summed E-state index contributed by atoms with van der Waals surface area (Å²) in [4.78, 5) is 4.62. The fraction of sp³-hybridized carbons (Fsp3) is 0.588. The van der Waals surface area contributed by atoms with Crippen LogP contribution in [-0.4, -0.2) is 39.3 Å². The summed E-state index contributed by atoms with van der Waals surface area (Å²) in [6.45, 7) is 7.97. The molecule has 6 heteroatoms. The van der Waals surface area contributed by atoms with E-state index < -0.39 is 0 Å². The predicted octanol–water partition coefficient (Wildman–Crippen LogP) is 3.22. The van der Waals surface area contributed by atoms with Crippen LogP contribution in [0, 0.1) is 0 Å². The van der Waals surface area contributed by atoms with Crippen molar-refractivity contribution < 1.29 is 9.47 Å². The van der Waals surface area contributed by atoms with E-state index in [9.17, 15) is 0 Å². The number of guanidine groups is 1. The fourth-order valence-corrected chi connectivity index (χ4v) is 1.99. The van der Waals surface area contributed by atoms with Gasteiger partial charge in [-0.15, -0.1) is 24.0 Å². The van der Waals surface area contributed by atoms with Crippen LogP contribution >= 0.6 is 24.0 Å². The zero-order valence-corrected chi connectivity index (χ0v) is 17.1. The molecule has 0 aromatic heterocycles. The summed E-state index contributed by atoms with van der Waals surface area (Å²) in [6, 6.07) is 6.40. The molecule has 0 amide bonds. The van der Waals surface area contributed by atoms with Crippen molar-refractivity contribution >= 4 is 29.9 Å². The Bertz CT molecular complexity index is 481. The first-order chi connectivity index (χ1) is 10.6. The van der Waals surface area contributed by atoms with Crippen LogP contribution in [0.3, 0.4) is 0 Å². The lowest BCUT2D eigenvalue weighted by Gasteiger charge is -2.16. The molecule has 0 fully saturated rings. The van der Waals surface area contributed by atoms with E-state index in [0.717, 1.165) is 43.4 Å². The van der Waals surface area contributed by atoms with Crippen LogP contribution in [0.15, 0.2) is 23.2 Å². The number of nitrogens with one attached hydrogen (secondary N) is 2. The summed E-state index contributed by atoms with van der Waals surface area (Å²) in [6.07, 6.45) is 1.93. The third-order valence-electron chi connectivity index (χ3n) is 3.46. The Hall–Kier alpha value is -1.18. The first-order valence-electron chi connectivity index (χ1n) is 7.90. The van der Waals surface area contributed by atoms with Gasteiger partial charge in [0.25, 0.3) is 0 Å². The van der Waals surface area contributed by atoms with Crippen LogP contribution in [0.4, 0.5) is 0 Å². The molecular weight excluding hydrogens is 405 g/mol. The number of halogens is 1. The van der Waals surface area contributed by atoms with Crippen LogP contribution in [0.25, 0.3) is 0 Å². The van der Waals surface area contributed by atoms with Crippen LogP contribution in [0.5, 0.6) is 11.5 Å². The van der Waals surface area contributed by atoms with Crippen molar-refractivity contribution in [2.75, 3.05) is 27.3 Å². The third-order valence-corrected chi connectivity index (χ3v) is 3.46. The van der Waals surface area contributed by atoms with Gasteiger partial charge >= 0.3 is 0 Å². The van der Waals surface area contributed by atoms with Crippen molar-refractivity contribution in [3.8, 4) is 11.5 Å². The molecular formula is C17H30IN3O2. The van der Waals surface area contributed by atoms with Gasteiger partial charge in [-0.1, -0.05) is 13.0 Å². The zero-order chi connectivity index (χ0) is 16.4. The number of benzene rings is 1. The van der Waals surface area contributed by atoms with Crippen molar-refractivity contribution in [3.05, 3.63) is 23.8 Å². The molecule has 1 unspecified atom stereocenters. The molecule has 23 heavy (non-hydrogen) atoms. The Kier molecular flexibility index (Phi) is 11.6. The summed E-state index contributed by atoms with van der Waals surface area (Å²) < 4.78 is 10.6. The number of aliphatic imine (C=N–C) groups is 1. The average Bonchev–Trinajstić information content (AvgIpc) is 2.54. The SMILES string of the molecule is CCNC(=NCCc1ccc(OC)c(OC)c1)NC(C)CC.I. The van der Waals surface area contributed by atoms with E-state index in [0.29, 0.717) is 6.04 Å². The second kappa shape index (κ2) is 12.3. The average molecular weight is 435 g/mol. The van der Waals surface area contributed by atoms with Gasteiger partial charge < -0.3 is 20.1 Å². The maximum Gasteiger partial charge on any atom is 0.191 e. The molecule has 132 valence electrons. The van der Waals surface area contributed by atoms with Gasteiger partial charge in [0.1, 0.15) is 0 Å². The molecule has 0 bridgehead atoms. The van der Waals surface area contributed by atoms with Crippen LogP contribution in [0.1, 0.15) is 32.8 Å². The predicted molar refractivity (Wildman–Crippen MR) is 108 cm³/mol. The molecule has 1 rings (SSSR count). The highest BCUT2D eigenvalue weighted by Crippen LogP contribution is 2.27. The maximum absolute atomic E-state index is 5.32. The number of hydrogen-bond donors (Lipinski definition) is 2. The van der Waals surface area contributed by atoms with Crippen molar-refractivity contribution in [2.45, 2.75) is 39.7 Å². The maximum atomic E-state index is 5.32. The van der Waals surface area contributed by atoms with E-state index in [-0.39, 0.29) is 24.0 Å². The number of ether oxygens (including phenoxy) is 2. The lowest BCUT2D eigenvalue weighted by Crippen LogP contribution is -2.42. The van der Waals surface area contributed by atoms with Crippen molar-refractivity contribution in [3.63, 3.8) is 0 Å². The number of rotatable bonds is 8. The Morgan fingerprint density at radius 2 is 1.87 bits per heavy atom. The van der Waals surface area contributed by atoms with Gasteiger partial charge in [-0.3, -0.25) is 4.99 Å². The minimum atomic E-state index is 0. The second-order valence-corrected chi connectivity index (χ2v) is 5.15. The molecule has 0 aliphatic carbocycles. The molecule has 5 nitrogen and oxygen atoms in total. The first kappa shape index (κ1) is 21.8. The zero-order valence-electron chi connectivity index (χ0n) is 14.8. The van der Waals surface area contributed by atoms with E-state index >= 15 is 0 Å². The Morgan fingerprint density at radius 3 is 2.43 bits per heavy atom. The van der Waals surface area contributed by atoms with Gasteiger partial charge in [0, 0.05) is 19.1 Å². The van der Waals surface area contributed by atoms with Crippen LogP contribution in [0.2, 0.25) is 0 Å². The number of hydrogen-bond acceptors (Lipinski definition) is 3. The van der Waals surface area contributed by atoms with Gasteiger partial charge in [0.2, 0.25) is 0 Å². The van der Waals surface area contributed by atoms with E-state index in [1.54, 1.807) is 14.2 Å². The normalized spacial score (nSPS) is 12.1. The first-order valence-corrected chi connectivity index (χ1v) is 7.90. The molecule has 0 radical (unpaired) electrons. The summed E-state index contributed by atoms with van der Waals surface area (Å²) in [7, 11) is 3.30. The molecule has 2 N–H and O–H groups in total. The molecule has 0 saturated carbocycles. The Morgan fingerprint density at radius 1 is 1.17 bits per heavy atom. The van der Waals surface area contributed by atoms with E-state index in [4.69, 9.17) is 9.47 Å². The summed E-state index contributed by atoms with van der Waals surface area (Å²) in [5.41, 5.74) is 1.18. The Balaban J connectivity index is 0.00000484. The molecule has 1 atom stereocenters. The van der Waals surface area contributed by atoms with E-state index in [2.05, 4.69) is 36.4 Å². The molecule has 1 aromatic rings. The minimum Gasteiger partial charge on any atom is -0.493 e. The number of nitrogens with zero attached hydrogens (tertiary/aromatic N) is 1. The lowest BCUT2D eigenvalue weighted by molar-refractivity contribution is 0.354. The summed E-state index contributed by atoms with van der Waals surface area (Å²) in [5.74, 6) is 2.38. The van der Waals surface area contributed by atoms with Gasteiger partial charge in [0.15, 0.2) is 17.5 Å². The monoisotopic (exact) mass is 435 g/mol. The standard InChI is InChI=1S/C17H29N3O2.HI/c1-6-13(3)20-17(18-7-2)19-11-10-14-8-9-15(21-4)16(12-14)22-5;/h8-9,12-13H,6-7,10-11H2,1-5H3,(H2,18,19,20);1H. The van der Waals surface area contributed by atoms with E-state index in [1.807, 2.05) is 18.2 Å². The molecule has 0 aliphatic heterocycles. The topological polar surface area (TPSA) is 54.9 Å². The Labute approximate surface area is 157 Å². The van der Waals surface area contributed by atoms with Gasteiger partial charge in [-0.25, -0.2) is 0 Å². The van der Waals surface area contributed by atoms with Crippen molar-refractivity contribution in [1.82, 2.24) is 10.6 Å². The van der Waals surface area contributed by atoms with Crippen LogP contribution in [-0.2, 0) is 6.42 Å². The highest BCUT2D eigenvalue weighted by molar-refractivity contribution is 14.0. The minimum absolute atomic E-state index is 0. The second-order valence-electron chi connectivity index (χ2n) is 5.15. The highest BCUT2D eigenvalue weighted by atomic mass is 127. The highest BCUT2D eigenvalue weighted by Gasteiger charge is 2.05. The van der Waals surface area contributed by atoms with Crippen molar-refractivity contribution in [2.24, 2.45) is 4.99 Å². The molecule has 0 saturated heterocycles. The number of methoxy groups -OCH3 is 2. The quantitative estimate of drug-likeness (QED) is 0.374. The fourth-order valence-electron chi connectivity index (χ4n) is 1.99. The van der Waals surface area contributed by atoms with E-state index in [1.165, 1.54) is 5.56 Å². The van der Waals surface area contributed by atoms with Gasteiger partial charge in [-0.2, -0.15) is 0 Å². The summed E-state index contributed by atoms with van der Waals surface area (Å²) >= 11 is 0. The molecule has 0 aliphatic rings. The van der Waals surface area contributed by atoms with Crippen molar-refractivity contribution in [1.29, 1.82) is 0 Å². The molecule has 1 aromatic carbocycles. The smallest absolute Gasteiger partial charge is 0.191 e. The third kappa shape index (κ3) is 7.76. The lowest BCUT2D eigenvalue weighted by atomic mass is 10.1. The summed E-state index contributed by atoms with van der Waals surface area (Å²) in [5, 5.41) is 6.66. The molecule has 0 heterocycles. The van der Waals surface area contributed by atoms with Gasteiger partial charge in [-0.05, 0) is 44.4 Å². The van der Waals surface area contributed by atoms with Crippen LogP contribution < -0.4 is 20.1 Å².